The van der Waals surface area contributed by atoms with E-state index < -0.39 is 5.60 Å². The molecule has 1 saturated carbocycles. The molecule has 0 aromatic carbocycles. The first-order valence-corrected chi connectivity index (χ1v) is 7.19. The number of rotatable bonds is 3. The summed E-state index contributed by atoms with van der Waals surface area (Å²) in [6, 6.07) is 0. The molecule has 1 aromatic rings. The highest BCUT2D eigenvalue weighted by molar-refractivity contribution is 7.11. The van der Waals surface area contributed by atoms with Crippen LogP contribution in [0.25, 0.3) is 0 Å². The number of thiazole rings is 1. The second-order valence-electron chi connectivity index (χ2n) is 4.83. The van der Waals surface area contributed by atoms with Gasteiger partial charge in [0.15, 0.2) is 0 Å². The fourth-order valence-corrected chi connectivity index (χ4v) is 3.28. The van der Waals surface area contributed by atoms with Gasteiger partial charge in [-0.05, 0) is 39.5 Å². The fraction of sp³-hybridized carbons (Fsp3) is 0.692. The Bertz CT molecular complexity index is 422. The maximum atomic E-state index is 11.6. The van der Waals surface area contributed by atoms with Crippen LogP contribution in [0.15, 0.2) is 6.20 Å². The molecule has 0 aliphatic heterocycles. The first kappa shape index (κ1) is 13.5. The van der Waals surface area contributed by atoms with Gasteiger partial charge < -0.3 is 9.84 Å². The zero-order chi connectivity index (χ0) is 13.2. The summed E-state index contributed by atoms with van der Waals surface area (Å²) < 4.78 is 5.03. The highest BCUT2D eigenvalue weighted by Crippen LogP contribution is 2.41. The van der Waals surface area contributed by atoms with Gasteiger partial charge in [0.25, 0.3) is 0 Å². The average molecular weight is 269 g/mol. The Morgan fingerprint density at radius 1 is 1.61 bits per heavy atom. The van der Waals surface area contributed by atoms with Gasteiger partial charge in [-0.25, -0.2) is 4.98 Å². The van der Waals surface area contributed by atoms with Crippen LogP contribution in [0.5, 0.6) is 0 Å². The largest absolute Gasteiger partial charge is 0.466 e. The summed E-state index contributed by atoms with van der Waals surface area (Å²) in [5.41, 5.74) is -0.845. The Hall–Kier alpha value is -0.940. The van der Waals surface area contributed by atoms with E-state index in [1.165, 1.54) is 11.3 Å². The maximum Gasteiger partial charge on any atom is 0.308 e. The average Bonchev–Trinajstić information content (AvgIpc) is 2.78. The monoisotopic (exact) mass is 269 g/mol. The fourth-order valence-electron chi connectivity index (χ4n) is 2.37. The van der Waals surface area contributed by atoms with Crippen LogP contribution in [0.2, 0.25) is 0 Å². The van der Waals surface area contributed by atoms with E-state index in [0.717, 1.165) is 9.88 Å². The van der Waals surface area contributed by atoms with E-state index in [-0.39, 0.29) is 11.9 Å². The second kappa shape index (κ2) is 5.36. The van der Waals surface area contributed by atoms with E-state index in [9.17, 15) is 9.90 Å². The molecule has 1 aliphatic carbocycles. The third-order valence-corrected chi connectivity index (χ3v) is 4.56. The number of nitrogens with zero attached hydrogens (tertiary/aromatic N) is 1. The van der Waals surface area contributed by atoms with Crippen molar-refractivity contribution in [2.75, 3.05) is 6.61 Å². The van der Waals surface area contributed by atoms with Crippen LogP contribution in [0, 0.1) is 12.8 Å². The van der Waals surface area contributed by atoms with Gasteiger partial charge in [0.1, 0.15) is 10.6 Å². The smallest absolute Gasteiger partial charge is 0.308 e. The van der Waals surface area contributed by atoms with Crippen molar-refractivity contribution in [2.45, 2.75) is 45.1 Å². The van der Waals surface area contributed by atoms with Gasteiger partial charge in [-0.1, -0.05) is 0 Å². The summed E-state index contributed by atoms with van der Waals surface area (Å²) in [6.45, 7) is 4.22. The van der Waals surface area contributed by atoms with E-state index in [2.05, 4.69) is 4.98 Å². The molecule has 0 amide bonds. The number of ether oxygens (including phenoxy) is 1. The van der Waals surface area contributed by atoms with Crippen molar-refractivity contribution in [3.05, 3.63) is 16.1 Å². The molecule has 1 aliphatic rings. The molecule has 5 heteroatoms. The van der Waals surface area contributed by atoms with Crippen LogP contribution in [-0.2, 0) is 15.1 Å². The van der Waals surface area contributed by atoms with Gasteiger partial charge in [-0.2, -0.15) is 0 Å². The Kier molecular flexibility index (Phi) is 4.02. The van der Waals surface area contributed by atoms with E-state index >= 15 is 0 Å². The van der Waals surface area contributed by atoms with Crippen molar-refractivity contribution >= 4 is 17.3 Å². The Morgan fingerprint density at radius 2 is 2.28 bits per heavy atom. The Morgan fingerprint density at radius 3 is 2.78 bits per heavy atom. The molecule has 1 aromatic heterocycles. The maximum absolute atomic E-state index is 11.6. The van der Waals surface area contributed by atoms with Crippen LogP contribution in [0.1, 0.15) is 42.5 Å². The predicted molar refractivity (Wildman–Crippen MR) is 69.3 cm³/mol. The van der Waals surface area contributed by atoms with Crippen LogP contribution in [0.4, 0.5) is 0 Å². The van der Waals surface area contributed by atoms with E-state index in [4.69, 9.17) is 4.74 Å². The normalized spacial score (nSPS) is 28.1. The molecule has 4 nitrogen and oxygen atoms in total. The summed E-state index contributed by atoms with van der Waals surface area (Å²) in [4.78, 5) is 17.0. The minimum absolute atomic E-state index is 0.0636. The molecular weight excluding hydrogens is 250 g/mol. The number of aromatic nitrogens is 1. The number of hydrogen-bond donors (Lipinski definition) is 1. The molecule has 0 saturated heterocycles. The van der Waals surface area contributed by atoms with Crippen molar-refractivity contribution in [3.63, 3.8) is 0 Å². The van der Waals surface area contributed by atoms with Crippen LogP contribution >= 0.6 is 11.3 Å². The standard InChI is InChI=1S/C13H19NO3S/c1-3-17-11(15)10-4-6-13(16,7-5-10)12-14-8-9(2)18-12/h8,10,16H,3-7H2,1-2H3. The molecule has 1 fully saturated rings. The summed E-state index contributed by atoms with van der Waals surface area (Å²) in [5.74, 6) is -0.193. The molecule has 2 rings (SSSR count). The molecule has 0 spiro atoms. The van der Waals surface area contributed by atoms with Crippen LogP contribution in [-0.4, -0.2) is 22.7 Å². The highest BCUT2D eigenvalue weighted by atomic mass is 32.1. The molecule has 0 unspecified atom stereocenters. The number of carbonyl (C=O) groups excluding carboxylic acids is 1. The lowest BCUT2D eigenvalue weighted by molar-refractivity contribution is -0.151. The third kappa shape index (κ3) is 2.72. The SMILES string of the molecule is CCOC(=O)C1CCC(O)(c2ncc(C)s2)CC1. The predicted octanol–water partition coefficient (Wildman–Crippen LogP) is 2.39. The van der Waals surface area contributed by atoms with Crippen molar-refractivity contribution < 1.29 is 14.6 Å². The Labute approximate surface area is 111 Å². The summed E-state index contributed by atoms with van der Waals surface area (Å²) >= 11 is 1.54. The zero-order valence-corrected chi connectivity index (χ0v) is 11.6. The number of aryl methyl sites for hydroxylation is 1. The van der Waals surface area contributed by atoms with E-state index in [1.807, 2.05) is 13.8 Å². The lowest BCUT2D eigenvalue weighted by Crippen LogP contribution is -2.34. The molecule has 100 valence electrons. The van der Waals surface area contributed by atoms with Gasteiger partial charge >= 0.3 is 5.97 Å². The minimum atomic E-state index is -0.845. The van der Waals surface area contributed by atoms with E-state index in [1.54, 1.807) is 6.20 Å². The quantitative estimate of drug-likeness (QED) is 0.856. The second-order valence-corrected chi connectivity index (χ2v) is 6.07. The van der Waals surface area contributed by atoms with Crippen molar-refractivity contribution in [1.82, 2.24) is 4.98 Å². The van der Waals surface area contributed by atoms with Gasteiger partial charge in [-0.15, -0.1) is 11.3 Å². The summed E-state index contributed by atoms with van der Waals surface area (Å²) in [6.07, 6.45) is 4.31. The lowest BCUT2D eigenvalue weighted by Gasteiger charge is -2.33. The Balaban J connectivity index is 1.99. The first-order chi connectivity index (χ1) is 8.55. The molecule has 0 atom stereocenters. The molecule has 1 N–H and O–H groups in total. The van der Waals surface area contributed by atoms with E-state index in [0.29, 0.717) is 32.3 Å². The number of hydrogen-bond acceptors (Lipinski definition) is 5. The number of aliphatic hydroxyl groups is 1. The first-order valence-electron chi connectivity index (χ1n) is 6.37. The molecular formula is C13H19NO3S. The van der Waals surface area contributed by atoms with Gasteiger partial charge in [0.2, 0.25) is 0 Å². The third-order valence-electron chi connectivity index (χ3n) is 3.45. The molecule has 18 heavy (non-hydrogen) atoms. The minimum Gasteiger partial charge on any atom is -0.466 e. The van der Waals surface area contributed by atoms with Crippen molar-refractivity contribution in [2.24, 2.45) is 5.92 Å². The molecule has 0 bridgehead atoms. The van der Waals surface area contributed by atoms with Gasteiger partial charge in [0, 0.05) is 11.1 Å². The van der Waals surface area contributed by atoms with Gasteiger partial charge in [0.05, 0.1) is 12.5 Å². The van der Waals surface area contributed by atoms with Crippen LogP contribution < -0.4 is 0 Å². The molecule has 0 radical (unpaired) electrons. The van der Waals surface area contributed by atoms with Crippen molar-refractivity contribution in [1.29, 1.82) is 0 Å². The summed E-state index contributed by atoms with van der Waals surface area (Å²) in [5, 5.41) is 11.4. The van der Waals surface area contributed by atoms with Crippen LogP contribution in [0.3, 0.4) is 0 Å². The lowest BCUT2D eigenvalue weighted by atomic mass is 9.79. The molecule has 1 heterocycles. The number of esters is 1. The zero-order valence-electron chi connectivity index (χ0n) is 10.8. The number of carbonyl (C=O) groups is 1. The van der Waals surface area contributed by atoms with Gasteiger partial charge in [-0.3, -0.25) is 4.79 Å². The highest BCUT2D eigenvalue weighted by Gasteiger charge is 2.39. The van der Waals surface area contributed by atoms with Crippen molar-refractivity contribution in [3.8, 4) is 0 Å². The topological polar surface area (TPSA) is 59.4 Å². The summed E-state index contributed by atoms with van der Waals surface area (Å²) in [7, 11) is 0.